The zero-order valence-electron chi connectivity index (χ0n) is 11.9. The van der Waals surface area contributed by atoms with Gasteiger partial charge in [0, 0.05) is 30.6 Å². The van der Waals surface area contributed by atoms with Crippen LogP contribution in [0.5, 0.6) is 0 Å². The Hall–Kier alpha value is -2.35. The summed E-state index contributed by atoms with van der Waals surface area (Å²) in [6, 6.07) is 0. The molecule has 3 N–H and O–H groups in total. The van der Waals surface area contributed by atoms with Gasteiger partial charge < -0.3 is 10.6 Å². The fourth-order valence-electron chi connectivity index (χ4n) is 3.05. The van der Waals surface area contributed by atoms with E-state index in [-0.39, 0.29) is 5.91 Å². The maximum Gasteiger partial charge on any atom is 0.272 e. The smallest absolute Gasteiger partial charge is 0.272 e. The lowest BCUT2D eigenvalue weighted by Gasteiger charge is -2.31. The van der Waals surface area contributed by atoms with Gasteiger partial charge in [-0.2, -0.15) is 5.10 Å². The van der Waals surface area contributed by atoms with Gasteiger partial charge in [-0.25, -0.2) is 4.98 Å². The topological polar surface area (TPSA) is 92.3 Å². The summed E-state index contributed by atoms with van der Waals surface area (Å²) < 4.78 is 1.85. The van der Waals surface area contributed by atoms with Gasteiger partial charge in [-0.15, -0.1) is 11.3 Å². The minimum atomic E-state index is 0.0435. The van der Waals surface area contributed by atoms with Crippen LogP contribution < -0.4 is 5.73 Å². The number of thiazole rings is 1. The van der Waals surface area contributed by atoms with Crippen LogP contribution in [0.4, 0.5) is 5.69 Å². The van der Waals surface area contributed by atoms with E-state index in [4.69, 9.17) is 5.73 Å². The van der Waals surface area contributed by atoms with Gasteiger partial charge in [-0.3, -0.25) is 14.3 Å². The van der Waals surface area contributed by atoms with Crippen LogP contribution in [0, 0.1) is 0 Å². The van der Waals surface area contributed by atoms with Crippen molar-refractivity contribution < 1.29 is 4.79 Å². The number of aromatic amines is 1. The van der Waals surface area contributed by atoms with E-state index in [1.165, 1.54) is 11.3 Å². The number of hydrogen-bond donors (Lipinski definition) is 2. The van der Waals surface area contributed by atoms with Crippen LogP contribution >= 0.6 is 11.3 Å². The second kappa shape index (κ2) is 5.13. The van der Waals surface area contributed by atoms with Crippen molar-refractivity contribution in [2.75, 3.05) is 18.8 Å². The van der Waals surface area contributed by atoms with Crippen molar-refractivity contribution in [2.45, 2.75) is 18.8 Å². The first-order chi connectivity index (χ1) is 10.7. The number of carbonyl (C=O) groups excluding carboxylic acids is 1. The van der Waals surface area contributed by atoms with E-state index in [1.54, 1.807) is 12.4 Å². The average molecular weight is 316 g/mol. The van der Waals surface area contributed by atoms with Crippen LogP contribution in [0.2, 0.25) is 0 Å². The highest BCUT2D eigenvalue weighted by Gasteiger charge is 2.27. The maximum atomic E-state index is 12.7. The van der Waals surface area contributed by atoms with Gasteiger partial charge in [0.2, 0.25) is 0 Å². The Morgan fingerprint density at radius 3 is 2.91 bits per heavy atom. The number of nitrogens with two attached hydrogens (primary N) is 1. The molecule has 8 heteroatoms. The summed E-state index contributed by atoms with van der Waals surface area (Å²) >= 11 is 1.53. The SMILES string of the molecule is Nc1cn[nH]c1C1CCN(C(=O)c2cnc3sccn23)CC1. The summed E-state index contributed by atoms with van der Waals surface area (Å²) in [6.07, 6.45) is 6.98. The molecule has 1 aliphatic rings. The van der Waals surface area contributed by atoms with E-state index in [2.05, 4.69) is 15.2 Å². The van der Waals surface area contributed by atoms with Crippen molar-refractivity contribution in [1.29, 1.82) is 0 Å². The number of nitrogens with zero attached hydrogens (tertiary/aromatic N) is 4. The van der Waals surface area contributed by atoms with Crippen molar-refractivity contribution in [3.8, 4) is 0 Å². The molecule has 1 fully saturated rings. The zero-order valence-corrected chi connectivity index (χ0v) is 12.7. The fourth-order valence-corrected chi connectivity index (χ4v) is 3.74. The summed E-state index contributed by atoms with van der Waals surface area (Å²) in [4.78, 5) is 19.7. The first-order valence-corrected chi connectivity index (χ1v) is 8.10. The minimum absolute atomic E-state index is 0.0435. The predicted octanol–water partition coefficient (Wildman–Crippen LogP) is 1.72. The predicted molar refractivity (Wildman–Crippen MR) is 83.9 cm³/mol. The highest BCUT2D eigenvalue weighted by molar-refractivity contribution is 7.15. The number of aromatic nitrogens is 4. The summed E-state index contributed by atoms with van der Waals surface area (Å²) in [5.41, 5.74) is 8.25. The van der Waals surface area contributed by atoms with Gasteiger partial charge in [0.25, 0.3) is 5.91 Å². The highest BCUT2D eigenvalue weighted by atomic mass is 32.1. The molecular weight excluding hydrogens is 300 g/mol. The first kappa shape index (κ1) is 13.3. The number of imidazole rings is 1. The first-order valence-electron chi connectivity index (χ1n) is 7.22. The van der Waals surface area contributed by atoms with Gasteiger partial charge in [0.1, 0.15) is 5.69 Å². The monoisotopic (exact) mass is 316 g/mol. The molecule has 0 aromatic carbocycles. The molecule has 0 radical (unpaired) electrons. The second-order valence-electron chi connectivity index (χ2n) is 5.50. The molecule has 1 aliphatic heterocycles. The second-order valence-corrected chi connectivity index (χ2v) is 6.38. The van der Waals surface area contributed by atoms with E-state index in [0.717, 1.165) is 36.6 Å². The van der Waals surface area contributed by atoms with E-state index in [1.807, 2.05) is 20.9 Å². The number of anilines is 1. The van der Waals surface area contributed by atoms with Gasteiger partial charge >= 0.3 is 0 Å². The molecule has 0 aliphatic carbocycles. The third-order valence-corrected chi connectivity index (χ3v) is 5.03. The molecule has 0 unspecified atom stereocenters. The number of rotatable bonds is 2. The van der Waals surface area contributed by atoms with Crippen LogP contribution in [-0.2, 0) is 0 Å². The van der Waals surface area contributed by atoms with Crippen molar-refractivity contribution in [3.05, 3.63) is 35.4 Å². The van der Waals surface area contributed by atoms with Crippen LogP contribution in [-0.4, -0.2) is 43.5 Å². The Labute approximate surface area is 130 Å². The number of nitrogen functional groups attached to an aromatic ring is 1. The number of piperidine rings is 1. The van der Waals surface area contributed by atoms with Gasteiger partial charge in [-0.05, 0) is 12.8 Å². The Kier molecular flexibility index (Phi) is 3.11. The molecule has 114 valence electrons. The molecule has 1 amide bonds. The lowest BCUT2D eigenvalue weighted by molar-refractivity contribution is 0.0705. The molecule has 22 heavy (non-hydrogen) atoms. The Morgan fingerprint density at radius 1 is 1.36 bits per heavy atom. The third kappa shape index (κ3) is 2.07. The average Bonchev–Trinajstić information content (AvgIpc) is 3.23. The number of amides is 1. The molecule has 0 spiro atoms. The number of nitrogens with one attached hydrogen (secondary N) is 1. The molecule has 0 saturated carbocycles. The molecule has 0 atom stereocenters. The molecule has 1 saturated heterocycles. The van der Waals surface area contributed by atoms with E-state index in [9.17, 15) is 4.79 Å². The number of fused-ring (bicyclic) bond motifs is 1. The van der Waals surface area contributed by atoms with Gasteiger partial charge in [0.15, 0.2) is 4.96 Å². The fraction of sp³-hybridized carbons (Fsp3) is 0.357. The van der Waals surface area contributed by atoms with Crippen LogP contribution in [0.1, 0.15) is 34.9 Å². The molecule has 4 rings (SSSR count). The number of carbonyl (C=O) groups is 1. The van der Waals surface area contributed by atoms with E-state index in [0.29, 0.717) is 17.3 Å². The minimum Gasteiger partial charge on any atom is -0.396 e. The van der Waals surface area contributed by atoms with Crippen LogP contribution in [0.3, 0.4) is 0 Å². The highest BCUT2D eigenvalue weighted by Crippen LogP contribution is 2.30. The van der Waals surface area contributed by atoms with Crippen molar-refractivity contribution in [2.24, 2.45) is 0 Å². The lowest BCUT2D eigenvalue weighted by atomic mass is 9.93. The van der Waals surface area contributed by atoms with Gasteiger partial charge in [0.05, 0.1) is 23.8 Å². The zero-order chi connectivity index (χ0) is 15.1. The molecule has 4 heterocycles. The van der Waals surface area contributed by atoms with E-state index < -0.39 is 0 Å². The quantitative estimate of drug-likeness (QED) is 0.753. The van der Waals surface area contributed by atoms with E-state index >= 15 is 0 Å². The standard InChI is InChI=1S/C14H16N6OS/c15-10-7-17-18-12(10)9-1-3-19(4-2-9)13(21)11-8-16-14-20(11)5-6-22-14/h5-9H,1-4,15H2,(H,17,18). The number of H-pyrrole nitrogens is 1. The maximum absolute atomic E-state index is 12.7. The Bertz CT molecular complexity index is 810. The lowest BCUT2D eigenvalue weighted by Crippen LogP contribution is -2.38. The van der Waals surface area contributed by atoms with Crippen molar-refractivity contribution in [1.82, 2.24) is 24.5 Å². The third-order valence-electron chi connectivity index (χ3n) is 4.26. The number of hydrogen-bond acceptors (Lipinski definition) is 5. The summed E-state index contributed by atoms with van der Waals surface area (Å²) in [6.45, 7) is 1.44. The Morgan fingerprint density at radius 2 is 2.18 bits per heavy atom. The molecular formula is C14H16N6OS. The Balaban J connectivity index is 1.48. The summed E-state index contributed by atoms with van der Waals surface area (Å²) in [7, 11) is 0. The van der Waals surface area contributed by atoms with Crippen molar-refractivity contribution in [3.63, 3.8) is 0 Å². The van der Waals surface area contributed by atoms with Crippen LogP contribution in [0.15, 0.2) is 24.0 Å². The molecule has 3 aromatic heterocycles. The number of likely N-dealkylation sites (tertiary alicyclic amines) is 1. The largest absolute Gasteiger partial charge is 0.396 e. The molecule has 7 nitrogen and oxygen atoms in total. The molecule has 0 bridgehead atoms. The summed E-state index contributed by atoms with van der Waals surface area (Å²) in [5.74, 6) is 0.389. The molecule has 3 aromatic rings. The summed E-state index contributed by atoms with van der Waals surface area (Å²) in [5, 5.41) is 8.89. The normalized spacial score (nSPS) is 16.5. The van der Waals surface area contributed by atoms with Crippen molar-refractivity contribution >= 4 is 27.9 Å². The van der Waals surface area contributed by atoms with Crippen LogP contribution in [0.25, 0.3) is 4.96 Å². The van der Waals surface area contributed by atoms with Gasteiger partial charge in [-0.1, -0.05) is 0 Å².